The molecule has 1 saturated heterocycles. The predicted molar refractivity (Wildman–Crippen MR) is 106 cm³/mol. The first-order valence-electron chi connectivity index (χ1n) is 9.87. The molecule has 10 heteroatoms. The quantitative estimate of drug-likeness (QED) is 0.665. The first-order chi connectivity index (χ1) is 14.3. The minimum absolute atomic E-state index is 0.0494. The maximum atomic E-state index is 13.7. The number of alkyl halides is 3. The van der Waals surface area contributed by atoms with E-state index in [1.165, 1.54) is 11.1 Å². The van der Waals surface area contributed by atoms with Gasteiger partial charge in [-0.25, -0.2) is 9.97 Å². The third-order valence-corrected chi connectivity index (χ3v) is 5.40. The maximum Gasteiger partial charge on any atom is 0.419 e. The van der Waals surface area contributed by atoms with E-state index >= 15 is 0 Å². The highest BCUT2D eigenvalue weighted by molar-refractivity contribution is 5.96. The highest BCUT2D eigenvalue weighted by Gasteiger charge is 2.37. The van der Waals surface area contributed by atoms with Crippen LogP contribution in [0.1, 0.15) is 34.5 Å². The number of aromatic nitrogens is 3. The Balaban J connectivity index is 1.78. The van der Waals surface area contributed by atoms with Crippen LogP contribution in [0, 0.1) is 0 Å². The lowest BCUT2D eigenvalue weighted by Crippen LogP contribution is -2.38. The molecule has 2 aliphatic heterocycles. The highest BCUT2D eigenvalue weighted by atomic mass is 19.4. The number of hydrogen-bond acceptors (Lipinski definition) is 5. The number of nitrogens with one attached hydrogen (secondary N) is 3. The molecular formula is C20H23F3N6O. The van der Waals surface area contributed by atoms with Crippen LogP contribution in [-0.2, 0) is 12.6 Å². The van der Waals surface area contributed by atoms with Gasteiger partial charge in [-0.2, -0.15) is 13.2 Å². The molecule has 0 saturated carbocycles. The Kier molecular flexibility index (Phi) is 5.50. The zero-order chi connectivity index (χ0) is 21.3. The van der Waals surface area contributed by atoms with Crippen molar-refractivity contribution in [2.45, 2.75) is 31.5 Å². The lowest BCUT2D eigenvalue weighted by molar-refractivity contribution is -0.137. The second-order valence-electron chi connectivity index (χ2n) is 7.56. The van der Waals surface area contributed by atoms with E-state index in [2.05, 4.69) is 25.6 Å². The summed E-state index contributed by atoms with van der Waals surface area (Å²) in [4.78, 5) is 25.2. The van der Waals surface area contributed by atoms with Gasteiger partial charge in [0.1, 0.15) is 11.3 Å². The topological polar surface area (TPSA) is 85.9 Å². The van der Waals surface area contributed by atoms with Crippen molar-refractivity contribution >= 4 is 11.9 Å². The number of piperidine rings is 1. The lowest BCUT2D eigenvalue weighted by Gasteiger charge is -2.24. The molecule has 0 radical (unpaired) electrons. The molecule has 1 atom stereocenters. The van der Waals surface area contributed by atoms with Gasteiger partial charge >= 0.3 is 6.18 Å². The normalized spacial score (nSPS) is 19.9. The third kappa shape index (κ3) is 4.04. The number of carbonyl (C=O) groups is 1. The largest absolute Gasteiger partial charge is 0.419 e. The molecule has 2 aromatic rings. The minimum Gasteiger partial charge on any atom is -0.356 e. The van der Waals surface area contributed by atoms with Gasteiger partial charge in [0, 0.05) is 44.1 Å². The van der Waals surface area contributed by atoms with E-state index in [0.717, 1.165) is 25.6 Å². The summed E-state index contributed by atoms with van der Waals surface area (Å²) in [7, 11) is 1.65. The summed E-state index contributed by atoms with van der Waals surface area (Å²) in [6.45, 7) is 2.06. The van der Waals surface area contributed by atoms with Gasteiger partial charge < -0.3 is 20.5 Å². The molecule has 1 unspecified atom stereocenters. The fourth-order valence-corrected chi connectivity index (χ4v) is 3.80. The Hall–Kier alpha value is -2.88. The van der Waals surface area contributed by atoms with Gasteiger partial charge in [-0.3, -0.25) is 4.79 Å². The fourth-order valence-electron chi connectivity index (χ4n) is 3.80. The Morgan fingerprint density at radius 2 is 2.13 bits per heavy atom. The van der Waals surface area contributed by atoms with Crippen LogP contribution in [0.3, 0.4) is 0 Å². The van der Waals surface area contributed by atoms with Crippen LogP contribution in [0.5, 0.6) is 0 Å². The number of rotatable bonds is 3. The second kappa shape index (κ2) is 8.10. The summed E-state index contributed by atoms with van der Waals surface area (Å²) in [6, 6.07) is 0.0494. The lowest BCUT2D eigenvalue weighted by atomic mass is 10.00. The minimum atomic E-state index is -4.62. The van der Waals surface area contributed by atoms with Crippen LogP contribution < -0.4 is 10.6 Å². The number of H-pyrrole nitrogens is 1. The SMILES string of the molecule is CN1CC=CCc2c(-c3nc(NC4CCCNC4)ncc3C(F)(F)F)c[nH]c2C1=O. The summed E-state index contributed by atoms with van der Waals surface area (Å²) >= 11 is 0. The molecule has 1 fully saturated rings. The Labute approximate surface area is 171 Å². The van der Waals surface area contributed by atoms with Crippen molar-refractivity contribution in [1.29, 1.82) is 0 Å². The van der Waals surface area contributed by atoms with Gasteiger partial charge in [-0.1, -0.05) is 12.2 Å². The van der Waals surface area contributed by atoms with E-state index in [0.29, 0.717) is 25.1 Å². The van der Waals surface area contributed by atoms with Crippen LogP contribution >= 0.6 is 0 Å². The van der Waals surface area contributed by atoms with Crippen LogP contribution in [0.2, 0.25) is 0 Å². The number of hydrogen-bond donors (Lipinski definition) is 3. The van der Waals surface area contributed by atoms with Crippen molar-refractivity contribution in [2.75, 3.05) is 32.0 Å². The number of anilines is 1. The van der Waals surface area contributed by atoms with Crippen LogP contribution in [0.4, 0.5) is 19.1 Å². The van der Waals surface area contributed by atoms with E-state index in [-0.39, 0.29) is 34.8 Å². The van der Waals surface area contributed by atoms with Gasteiger partial charge in [0.25, 0.3) is 5.91 Å². The van der Waals surface area contributed by atoms with Crippen LogP contribution in [0.25, 0.3) is 11.3 Å². The van der Waals surface area contributed by atoms with E-state index in [1.54, 1.807) is 7.05 Å². The third-order valence-electron chi connectivity index (χ3n) is 5.40. The van der Waals surface area contributed by atoms with Crippen molar-refractivity contribution < 1.29 is 18.0 Å². The molecule has 1 amide bonds. The molecule has 7 nitrogen and oxygen atoms in total. The van der Waals surface area contributed by atoms with Crippen molar-refractivity contribution in [3.05, 3.63) is 41.4 Å². The van der Waals surface area contributed by atoms with Gasteiger partial charge in [-0.15, -0.1) is 0 Å². The molecule has 0 aliphatic carbocycles. The predicted octanol–water partition coefficient (Wildman–Crippen LogP) is 2.84. The molecule has 3 N–H and O–H groups in total. The first kappa shape index (κ1) is 20.4. The van der Waals surface area contributed by atoms with Crippen LogP contribution in [0.15, 0.2) is 24.5 Å². The average molecular weight is 420 g/mol. The standard InChI is InChI=1S/C20H23F3N6O/c1-29-8-3-2-6-13-14(10-25-17(13)18(29)30)16-15(20(21,22)23)11-26-19(28-16)27-12-5-4-7-24-9-12/h2-3,10-12,24-25H,4-9H2,1H3,(H,26,27,28). The second-order valence-corrected chi connectivity index (χ2v) is 7.56. The summed E-state index contributed by atoms with van der Waals surface area (Å²) in [6.07, 6.45) is 3.49. The van der Waals surface area contributed by atoms with Crippen molar-refractivity contribution in [3.8, 4) is 11.3 Å². The highest BCUT2D eigenvalue weighted by Crippen LogP contribution is 2.38. The number of allylic oxidation sites excluding steroid dienone is 1. The van der Waals surface area contributed by atoms with Gasteiger partial charge in [0.2, 0.25) is 5.95 Å². The van der Waals surface area contributed by atoms with E-state index in [4.69, 9.17) is 0 Å². The number of halogens is 3. The van der Waals surface area contributed by atoms with Crippen molar-refractivity contribution in [1.82, 2.24) is 25.2 Å². The molecular weight excluding hydrogens is 397 g/mol. The number of amides is 1. The molecule has 0 spiro atoms. The smallest absolute Gasteiger partial charge is 0.356 e. The molecule has 160 valence electrons. The number of fused-ring (bicyclic) bond motifs is 1. The monoisotopic (exact) mass is 420 g/mol. The first-order valence-corrected chi connectivity index (χ1v) is 9.87. The molecule has 30 heavy (non-hydrogen) atoms. The summed E-state index contributed by atoms with van der Waals surface area (Å²) < 4.78 is 41.2. The Bertz CT molecular complexity index is 962. The zero-order valence-electron chi connectivity index (χ0n) is 16.5. The summed E-state index contributed by atoms with van der Waals surface area (Å²) in [5.41, 5.74) is -0.112. The maximum absolute atomic E-state index is 13.7. The number of carbonyl (C=O) groups excluding carboxylic acids is 1. The molecule has 2 aliphatic rings. The van der Waals surface area contributed by atoms with Crippen molar-refractivity contribution in [2.24, 2.45) is 0 Å². The Morgan fingerprint density at radius 3 is 2.87 bits per heavy atom. The molecule has 0 bridgehead atoms. The molecule has 0 aromatic carbocycles. The number of nitrogens with zero attached hydrogens (tertiary/aromatic N) is 3. The van der Waals surface area contributed by atoms with Gasteiger partial charge in [0.05, 0.1) is 5.69 Å². The van der Waals surface area contributed by atoms with Gasteiger partial charge in [0.15, 0.2) is 0 Å². The van der Waals surface area contributed by atoms with E-state index < -0.39 is 11.7 Å². The summed E-state index contributed by atoms with van der Waals surface area (Å²) in [5, 5.41) is 6.37. The van der Waals surface area contributed by atoms with Gasteiger partial charge in [-0.05, 0) is 31.4 Å². The fraction of sp³-hybridized carbons (Fsp3) is 0.450. The van der Waals surface area contributed by atoms with Crippen molar-refractivity contribution in [3.63, 3.8) is 0 Å². The average Bonchev–Trinajstić information content (AvgIpc) is 3.12. The molecule has 2 aromatic heterocycles. The summed E-state index contributed by atoms with van der Waals surface area (Å²) in [5.74, 6) is -0.124. The van der Waals surface area contributed by atoms with E-state index in [1.807, 2.05) is 12.2 Å². The molecule has 4 rings (SSSR count). The molecule has 4 heterocycles. The number of aromatic amines is 1. The Morgan fingerprint density at radius 1 is 1.30 bits per heavy atom. The number of likely N-dealkylation sites (N-methyl/N-ethyl adjacent to an activating group) is 1. The van der Waals surface area contributed by atoms with Crippen LogP contribution in [-0.4, -0.2) is 58.5 Å². The van der Waals surface area contributed by atoms with E-state index in [9.17, 15) is 18.0 Å². The zero-order valence-corrected chi connectivity index (χ0v) is 16.5.